The monoisotopic (exact) mass is 370 g/mol. The van der Waals surface area contributed by atoms with Gasteiger partial charge in [0.15, 0.2) is 5.82 Å². The first kappa shape index (κ1) is 18.1. The summed E-state index contributed by atoms with van der Waals surface area (Å²) >= 11 is 0. The number of hydrogen-bond acceptors (Lipinski definition) is 5. The van der Waals surface area contributed by atoms with E-state index in [1.165, 1.54) is 19.9 Å². The van der Waals surface area contributed by atoms with Crippen LogP contribution in [-0.2, 0) is 16.6 Å². The van der Waals surface area contributed by atoms with Gasteiger partial charge in [0, 0.05) is 25.6 Å². The second-order valence-electron chi connectivity index (χ2n) is 6.67. The highest BCUT2D eigenvalue weighted by molar-refractivity contribution is 7.89. The molecule has 2 N–H and O–H groups in total. The number of urea groups is 1. The molecule has 2 heterocycles. The number of sulfonamides is 1. The maximum Gasteiger partial charge on any atom is 0.318 e. The van der Waals surface area contributed by atoms with Crippen LogP contribution in [0.5, 0.6) is 0 Å². The number of carbonyl (C=O) groups excluding carboxylic acids is 1. The minimum atomic E-state index is -3.32. The second-order valence-corrected chi connectivity index (χ2v) is 8.72. The number of rotatable bonds is 5. The predicted octanol–water partition coefficient (Wildman–Crippen LogP) is 0.571. The minimum absolute atomic E-state index is 0.0746. The van der Waals surface area contributed by atoms with Gasteiger partial charge in [-0.2, -0.15) is 0 Å². The van der Waals surface area contributed by atoms with Crippen molar-refractivity contribution in [3.8, 4) is 0 Å². The van der Waals surface area contributed by atoms with Crippen LogP contribution in [0.2, 0.25) is 0 Å². The molecule has 0 radical (unpaired) electrons. The van der Waals surface area contributed by atoms with Gasteiger partial charge in [-0.1, -0.05) is 12.8 Å². The maximum atomic E-state index is 12.4. The molecule has 2 amide bonds. The average Bonchev–Trinajstić information content (AvgIpc) is 3.24. The van der Waals surface area contributed by atoms with Crippen LogP contribution >= 0.6 is 0 Å². The molecule has 1 aromatic rings. The molecule has 1 aromatic heterocycles. The van der Waals surface area contributed by atoms with Crippen molar-refractivity contribution in [1.29, 1.82) is 0 Å². The van der Waals surface area contributed by atoms with Crippen molar-refractivity contribution in [2.45, 2.75) is 51.1 Å². The molecule has 0 bridgehead atoms. The largest absolute Gasteiger partial charge is 0.337 e. The van der Waals surface area contributed by atoms with E-state index in [0.717, 1.165) is 24.5 Å². The molecule has 140 valence electrons. The number of amides is 2. The zero-order valence-corrected chi connectivity index (χ0v) is 15.5. The van der Waals surface area contributed by atoms with Crippen LogP contribution in [0.3, 0.4) is 0 Å². The maximum absolute atomic E-state index is 12.4. The molecular formula is C15H26N6O3S. The Morgan fingerprint density at radius 3 is 2.56 bits per heavy atom. The van der Waals surface area contributed by atoms with Gasteiger partial charge in [0.25, 0.3) is 0 Å². The fourth-order valence-electron chi connectivity index (χ4n) is 3.67. The SMILES string of the molecule is CNS(=O)(=O)CCNC(=O)N1CCn2c(C3CCCC3)nnc2C1C. The molecule has 1 atom stereocenters. The number of nitrogens with zero attached hydrogens (tertiary/aromatic N) is 4. The van der Waals surface area contributed by atoms with Crippen molar-refractivity contribution in [2.24, 2.45) is 0 Å². The van der Waals surface area contributed by atoms with E-state index >= 15 is 0 Å². The fraction of sp³-hybridized carbons (Fsp3) is 0.800. The van der Waals surface area contributed by atoms with Gasteiger partial charge < -0.3 is 14.8 Å². The van der Waals surface area contributed by atoms with Crippen molar-refractivity contribution >= 4 is 16.1 Å². The van der Waals surface area contributed by atoms with Gasteiger partial charge in [-0.05, 0) is 26.8 Å². The Bertz CT molecular complexity index is 726. The van der Waals surface area contributed by atoms with Crippen molar-refractivity contribution in [3.05, 3.63) is 11.6 Å². The van der Waals surface area contributed by atoms with Crippen molar-refractivity contribution in [1.82, 2.24) is 29.7 Å². The van der Waals surface area contributed by atoms with Crippen molar-refractivity contribution in [3.63, 3.8) is 0 Å². The summed E-state index contributed by atoms with van der Waals surface area (Å²) in [5.74, 6) is 2.21. The highest BCUT2D eigenvalue weighted by atomic mass is 32.2. The third kappa shape index (κ3) is 3.79. The zero-order chi connectivity index (χ0) is 18.0. The van der Waals surface area contributed by atoms with Crippen LogP contribution in [-0.4, -0.2) is 60.0 Å². The van der Waals surface area contributed by atoms with E-state index < -0.39 is 10.0 Å². The highest BCUT2D eigenvalue weighted by Crippen LogP contribution is 2.35. The number of carbonyl (C=O) groups is 1. The standard InChI is InChI=1S/C15H26N6O3S/c1-11-13-18-19-14(12-5-3-4-6-12)21(13)9-8-20(11)15(22)17-7-10-25(23,24)16-2/h11-12,16H,3-10H2,1-2H3,(H,17,22). The third-order valence-electron chi connectivity index (χ3n) is 5.15. The first-order valence-corrected chi connectivity index (χ1v) is 10.5. The lowest BCUT2D eigenvalue weighted by atomic mass is 10.1. The molecule has 0 spiro atoms. The number of aromatic nitrogens is 3. The summed E-state index contributed by atoms with van der Waals surface area (Å²) in [6.45, 7) is 3.25. The molecule has 1 saturated carbocycles. The Kier molecular flexibility index (Phi) is 5.28. The van der Waals surface area contributed by atoms with Crippen LogP contribution in [0.1, 0.15) is 56.2 Å². The van der Waals surface area contributed by atoms with Crippen molar-refractivity contribution < 1.29 is 13.2 Å². The van der Waals surface area contributed by atoms with E-state index in [4.69, 9.17) is 0 Å². The second kappa shape index (κ2) is 7.28. The molecule has 25 heavy (non-hydrogen) atoms. The lowest BCUT2D eigenvalue weighted by Gasteiger charge is -2.34. The smallest absolute Gasteiger partial charge is 0.318 e. The van der Waals surface area contributed by atoms with Gasteiger partial charge in [0.2, 0.25) is 10.0 Å². The van der Waals surface area contributed by atoms with Gasteiger partial charge >= 0.3 is 6.03 Å². The molecule has 10 heteroatoms. The van der Waals surface area contributed by atoms with E-state index in [1.54, 1.807) is 4.90 Å². The average molecular weight is 370 g/mol. The van der Waals surface area contributed by atoms with Gasteiger partial charge in [-0.25, -0.2) is 17.9 Å². The normalized spacial score (nSPS) is 21.4. The Morgan fingerprint density at radius 1 is 1.20 bits per heavy atom. The minimum Gasteiger partial charge on any atom is -0.337 e. The molecule has 2 aliphatic rings. The molecule has 3 rings (SSSR count). The van der Waals surface area contributed by atoms with Crippen LogP contribution in [0.15, 0.2) is 0 Å². The summed E-state index contributed by atoms with van der Waals surface area (Å²) in [4.78, 5) is 14.1. The van der Waals surface area contributed by atoms with Gasteiger partial charge in [-0.15, -0.1) is 10.2 Å². The van der Waals surface area contributed by atoms with E-state index in [9.17, 15) is 13.2 Å². The van der Waals surface area contributed by atoms with Crippen LogP contribution in [0.25, 0.3) is 0 Å². The van der Waals surface area contributed by atoms with E-state index in [0.29, 0.717) is 19.0 Å². The Labute approximate surface area is 148 Å². The van der Waals surface area contributed by atoms with Crippen LogP contribution < -0.4 is 10.0 Å². The summed E-state index contributed by atoms with van der Waals surface area (Å²) in [7, 11) is -1.96. The summed E-state index contributed by atoms with van der Waals surface area (Å²) in [5.41, 5.74) is 0. The molecule has 1 aliphatic heterocycles. The molecule has 0 saturated heterocycles. The molecule has 0 aromatic carbocycles. The number of fused-ring (bicyclic) bond motifs is 1. The van der Waals surface area contributed by atoms with E-state index in [1.807, 2.05) is 6.92 Å². The summed E-state index contributed by atoms with van der Waals surface area (Å²) in [6.07, 6.45) is 4.81. The molecular weight excluding hydrogens is 344 g/mol. The lowest BCUT2D eigenvalue weighted by Crippen LogP contribution is -2.47. The van der Waals surface area contributed by atoms with Crippen LogP contribution in [0, 0.1) is 0 Å². The summed E-state index contributed by atoms with van der Waals surface area (Å²) < 4.78 is 27.2. The Balaban J connectivity index is 1.63. The first-order valence-electron chi connectivity index (χ1n) is 8.81. The first-order chi connectivity index (χ1) is 11.9. The topological polar surface area (TPSA) is 109 Å². The van der Waals surface area contributed by atoms with E-state index in [2.05, 4.69) is 24.8 Å². The molecule has 9 nitrogen and oxygen atoms in total. The van der Waals surface area contributed by atoms with Crippen LogP contribution in [0.4, 0.5) is 4.79 Å². The van der Waals surface area contributed by atoms with Gasteiger partial charge in [0.1, 0.15) is 5.82 Å². The quantitative estimate of drug-likeness (QED) is 0.788. The summed E-state index contributed by atoms with van der Waals surface area (Å²) in [6, 6.07) is -0.451. The highest BCUT2D eigenvalue weighted by Gasteiger charge is 2.33. The molecule has 1 aliphatic carbocycles. The third-order valence-corrected chi connectivity index (χ3v) is 6.52. The summed E-state index contributed by atoms with van der Waals surface area (Å²) in [5, 5.41) is 11.4. The zero-order valence-electron chi connectivity index (χ0n) is 14.7. The van der Waals surface area contributed by atoms with Gasteiger partial charge in [0.05, 0.1) is 11.8 Å². The molecule has 1 unspecified atom stereocenters. The Morgan fingerprint density at radius 2 is 1.88 bits per heavy atom. The number of nitrogens with one attached hydrogen (secondary N) is 2. The predicted molar refractivity (Wildman–Crippen MR) is 92.6 cm³/mol. The number of hydrogen-bond donors (Lipinski definition) is 2. The van der Waals surface area contributed by atoms with Gasteiger partial charge in [-0.3, -0.25) is 0 Å². The van der Waals surface area contributed by atoms with E-state index in [-0.39, 0.29) is 24.4 Å². The lowest BCUT2D eigenvalue weighted by molar-refractivity contribution is 0.159. The fourth-order valence-corrected chi connectivity index (χ4v) is 4.24. The Hall–Kier alpha value is -1.68. The van der Waals surface area contributed by atoms with Crippen molar-refractivity contribution in [2.75, 3.05) is 25.9 Å². The molecule has 1 fully saturated rings.